The van der Waals surface area contributed by atoms with Gasteiger partial charge in [0.25, 0.3) is 0 Å². The lowest BCUT2D eigenvalue weighted by Crippen LogP contribution is -2.34. The van der Waals surface area contributed by atoms with E-state index in [4.69, 9.17) is 0 Å². The van der Waals surface area contributed by atoms with E-state index < -0.39 is 12.2 Å². The van der Waals surface area contributed by atoms with E-state index in [1.54, 1.807) is 0 Å². The summed E-state index contributed by atoms with van der Waals surface area (Å²) in [5.74, 6) is 1.13. The Hall–Kier alpha value is -1.94. The Morgan fingerprint density at radius 2 is 1.84 bits per heavy atom. The molecule has 0 radical (unpaired) electrons. The van der Waals surface area contributed by atoms with Crippen LogP contribution >= 0.6 is 0 Å². The van der Waals surface area contributed by atoms with E-state index in [0.717, 1.165) is 36.8 Å². The van der Waals surface area contributed by atoms with Crippen molar-refractivity contribution in [2.24, 2.45) is 17.3 Å². The fourth-order valence-electron chi connectivity index (χ4n) is 7.95. The van der Waals surface area contributed by atoms with E-state index in [0.29, 0.717) is 24.7 Å². The first-order valence-corrected chi connectivity index (χ1v) is 14.5. The Bertz CT molecular complexity index is 1100. The summed E-state index contributed by atoms with van der Waals surface area (Å²) in [5, 5.41) is 31.6. The topological polar surface area (TPSA) is 60.7 Å². The molecule has 37 heavy (non-hydrogen) atoms. The molecule has 0 unspecified atom stereocenters. The molecule has 5 rings (SSSR count). The molecule has 4 aliphatic carbocycles. The van der Waals surface area contributed by atoms with Crippen LogP contribution in [-0.4, -0.2) is 33.6 Å². The molecule has 6 atom stereocenters. The van der Waals surface area contributed by atoms with Gasteiger partial charge in [0.1, 0.15) is 0 Å². The number of aliphatic hydroxyl groups is 3. The maximum absolute atomic E-state index is 11.2. The lowest BCUT2D eigenvalue weighted by Gasteiger charge is -2.43. The van der Waals surface area contributed by atoms with Crippen molar-refractivity contribution in [3.05, 3.63) is 82.5 Å². The SMILES string of the molecule is C=C1/C(=C\C=C2/CCC[C@]3(C)[C@@H](/C(C)=C\C[C@@H](O)C4(c5ccc(C)cc5)CC4)CC[C@@H]23)C[C@@H](O)C[C@@H]1O. The molecule has 4 saturated carbocycles. The summed E-state index contributed by atoms with van der Waals surface area (Å²) in [4.78, 5) is 0. The Labute approximate surface area is 223 Å². The molecule has 0 spiro atoms. The van der Waals surface area contributed by atoms with Crippen LogP contribution in [0.2, 0.25) is 0 Å². The molecule has 1 aromatic rings. The van der Waals surface area contributed by atoms with E-state index >= 15 is 0 Å². The van der Waals surface area contributed by atoms with Crippen molar-refractivity contribution < 1.29 is 15.3 Å². The molecule has 0 bridgehead atoms. The summed E-state index contributed by atoms with van der Waals surface area (Å²) in [7, 11) is 0. The lowest BCUT2D eigenvalue weighted by atomic mass is 9.62. The largest absolute Gasteiger partial charge is 0.393 e. The normalized spacial score (nSPS) is 36.6. The van der Waals surface area contributed by atoms with E-state index in [-0.39, 0.29) is 16.9 Å². The number of hydrogen-bond acceptors (Lipinski definition) is 3. The Kier molecular flexibility index (Phi) is 7.44. The van der Waals surface area contributed by atoms with Gasteiger partial charge in [-0.3, -0.25) is 0 Å². The molecule has 0 aliphatic heterocycles. The van der Waals surface area contributed by atoms with Gasteiger partial charge in [0.05, 0.1) is 18.3 Å². The summed E-state index contributed by atoms with van der Waals surface area (Å²) in [5.41, 5.74) is 7.50. The molecule has 3 nitrogen and oxygen atoms in total. The number of fused-ring (bicyclic) bond motifs is 1. The van der Waals surface area contributed by atoms with E-state index in [1.807, 2.05) is 0 Å². The molecule has 0 amide bonds. The summed E-state index contributed by atoms with van der Waals surface area (Å²) in [6.45, 7) is 11.0. The number of hydrogen-bond donors (Lipinski definition) is 3. The van der Waals surface area contributed by atoms with Gasteiger partial charge in [0.2, 0.25) is 0 Å². The highest BCUT2D eigenvalue weighted by Crippen LogP contribution is 2.59. The number of aryl methyl sites for hydroxylation is 1. The molecule has 3 N–H and O–H groups in total. The van der Waals surface area contributed by atoms with Crippen LogP contribution < -0.4 is 0 Å². The van der Waals surface area contributed by atoms with Gasteiger partial charge in [-0.1, -0.05) is 72.7 Å². The van der Waals surface area contributed by atoms with Crippen LogP contribution in [0.5, 0.6) is 0 Å². The monoisotopic (exact) mass is 502 g/mol. The number of benzene rings is 1. The van der Waals surface area contributed by atoms with Gasteiger partial charge in [0, 0.05) is 11.8 Å². The average molecular weight is 503 g/mol. The van der Waals surface area contributed by atoms with Crippen molar-refractivity contribution >= 4 is 0 Å². The lowest BCUT2D eigenvalue weighted by molar-refractivity contribution is 0.0862. The minimum Gasteiger partial charge on any atom is -0.393 e. The van der Waals surface area contributed by atoms with Gasteiger partial charge < -0.3 is 15.3 Å². The molecular formula is C34H46O3. The summed E-state index contributed by atoms with van der Waals surface area (Å²) in [6, 6.07) is 8.75. The predicted octanol–water partition coefficient (Wildman–Crippen LogP) is 6.86. The van der Waals surface area contributed by atoms with Gasteiger partial charge in [-0.15, -0.1) is 0 Å². The zero-order valence-electron chi connectivity index (χ0n) is 23.0. The molecule has 3 heteroatoms. The summed E-state index contributed by atoms with van der Waals surface area (Å²) in [6.07, 6.45) is 15.2. The fraction of sp³-hybridized carbons (Fsp3) is 0.588. The molecule has 4 aliphatic rings. The van der Waals surface area contributed by atoms with Crippen LogP contribution in [0, 0.1) is 24.2 Å². The van der Waals surface area contributed by atoms with Crippen LogP contribution in [-0.2, 0) is 5.41 Å². The van der Waals surface area contributed by atoms with Crippen molar-refractivity contribution in [2.45, 2.75) is 109 Å². The Morgan fingerprint density at radius 1 is 1.11 bits per heavy atom. The summed E-state index contributed by atoms with van der Waals surface area (Å²) >= 11 is 0. The standard InChI is InChI=1S/C34H46O3/c1-22-7-12-27(13-8-22)34(18-19-34)32(37)16-9-23(2)29-14-15-30-25(6-5-17-33(29,30)4)10-11-26-20-28(35)21-31(36)24(26)3/h7-13,28-32,35-37H,3,5-6,14-21H2,1-2,4H3/b23-9-,25-10+,26-11-/t28-,29-,30+,31+,32-,33-/m1/s1. The van der Waals surface area contributed by atoms with Crippen LogP contribution in [0.15, 0.2) is 71.4 Å². The highest BCUT2D eigenvalue weighted by atomic mass is 16.3. The minimum absolute atomic E-state index is 0.0505. The van der Waals surface area contributed by atoms with Gasteiger partial charge in [-0.2, -0.15) is 0 Å². The number of aliphatic hydroxyl groups excluding tert-OH is 3. The van der Waals surface area contributed by atoms with Crippen LogP contribution in [0.3, 0.4) is 0 Å². The number of rotatable bonds is 6. The first-order valence-electron chi connectivity index (χ1n) is 14.5. The van der Waals surface area contributed by atoms with Gasteiger partial charge >= 0.3 is 0 Å². The van der Waals surface area contributed by atoms with Crippen molar-refractivity contribution in [1.29, 1.82) is 0 Å². The molecule has 0 aromatic heterocycles. The maximum atomic E-state index is 11.2. The van der Waals surface area contributed by atoms with Crippen LogP contribution in [0.1, 0.15) is 89.2 Å². The molecule has 1 aromatic carbocycles. The minimum atomic E-state index is -0.634. The van der Waals surface area contributed by atoms with Crippen molar-refractivity contribution in [1.82, 2.24) is 0 Å². The first kappa shape index (κ1) is 26.7. The predicted molar refractivity (Wildman–Crippen MR) is 151 cm³/mol. The molecule has 200 valence electrons. The quantitative estimate of drug-likeness (QED) is 0.372. The van der Waals surface area contributed by atoms with Gasteiger partial charge in [-0.05, 0) is 106 Å². The zero-order valence-corrected chi connectivity index (χ0v) is 23.0. The molecular weight excluding hydrogens is 456 g/mol. The second kappa shape index (κ2) is 10.3. The van der Waals surface area contributed by atoms with Crippen molar-refractivity contribution in [3.63, 3.8) is 0 Å². The smallest absolute Gasteiger partial charge is 0.0811 e. The first-order chi connectivity index (χ1) is 17.6. The van der Waals surface area contributed by atoms with Crippen molar-refractivity contribution in [3.8, 4) is 0 Å². The van der Waals surface area contributed by atoms with Gasteiger partial charge in [0.15, 0.2) is 0 Å². The van der Waals surface area contributed by atoms with Crippen LogP contribution in [0.4, 0.5) is 0 Å². The Morgan fingerprint density at radius 3 is 2.54 bits per heavy atom. The maximum Gasteiger partial charge on any atom is 0.0811 e. The molecule has 0 heterocycles. The third-order valence-electron chi connectivity index (χ3n) is 10.5. The fourth-order valence-corrected chi connectivity index (χ4v) is 7.95. The van der Waals surface area contributed by atoms with E-state index in [2.05, 4.69) is 69.8 Å². The Balaban J connectivity index is 1.29. The second-order valence-electron chi connectivity index (χ2n) is 12.8. The zero-order chi connectivity index (χ0) is 26.4. The van der Waals surface area contributed by atoms with Gasteiger partial charge in [-0.25, -0.2) is 0 Å². The van der Waals surface area contributed by atoms with E-state index in [9.17, 15) is 15.3 Å². The molecule has 0 saturated heterocycles. The third kappa shape index (κ3) is 5.07. The highest BCUT2D eigenvalue weighted by molar-refractivity contribution is 5.39. The molecule has 4 fully saturated rings. The van der Waals surface area contributed by atoms with Crippen molar-refractivity contribution in [2.75, 3.05) is 0 Å². The number of allylic oxidation sites excluding steroid dienone is 4. The highest BCUT2D eigenvalue weighted by Gasteiger charge is 2.51. The van der Waals surface area contributed by atoms with Crippen LogP contribution in [0.25, 0.3) is 0 Å². The van der Waals surface area contributed by atoms with E-state index in [1.165, 1.54) is 48.0 Å². The average Bonchev–Trinajstić information content (AvgIpc) is 3.60. The summed E-state index contributed by atoms with van der Waals surface area (Å²) < 4.78 is 0. The third-order valence-corrected chi connectivity index (χ3v) is 10.5. The second-order valence-corrected chi connectivity index (χ2v) is 12.8.